The normalized spacial score (nSPS) is 18.3. The minimum Gasteiger partial charge on any atom is -0.480 e. The summed E-state index contributed by atoms with van der Waals surface area (Å²) in [6.45, 7) is 7.10. The summed E-state index contributed by atoms with van der Waals surface area (Å²) in [4.78, 5) is 26.6. The van der Waals surface area contributed by atoms with Crippen molar-refractivity contribution in [1.82, 2.24) is 15.1 Å². The zero-order chi connectivity index (χ0) is 14.5. The molecule has 0 atom stereocenters. The maximum absolute atomic E-state index is 12.0. The average Bonchev–Trinajstić information content (AvgIpc) is 2.36. The zero-order valence-electron chi connectivity index (χ0n) is 11.6. The SMILES string of the molecule is CC(C)(C(=O)NCC(=O)O)N1CCN(CCO)CC1. The molecule has 0 aliphatic carbocycles. The molecule has 0 aromatic heterocycles. The van der Waals surface area contributed by atoms with E-state index in [-0.39, 0.29) is 19.1 Å². The van der Waals surface area contributed by atoms with E-state index in [0.717, 1.165) is 26.2 Å². The van der Waals surface area contributed by atoms with Crippen molar-refractivity contribution < 1.29 is 19.8 Å². The second-order valence-electron chi connectivity index (χ2n) is 5.19. The topological polar surface area (TPSA) is 93.1 Å². The van der Waals surface area contributed by atoms with Gasteiger partial charge in [0.25, 0.3) is 0 Å². The van der Waals surface area contributed by atoms with Crippen LogP contribution in [0.25, 0.3) is 0 Å². The Bertz CT molecular complexity index is 325. The summed E-state index contributed by atoms with van der Waals surface area (Å²) in [7, 11) is 0. The standard InChI is InChI=1S/C12H23N3O4/c1-12(2,11(19)13-9-10(17)18)15-5-3-14(4-6-15)7-8-16/h16H,3-9H2,1-2H3,(H,13,19)(H,17,18). The highest BCUT2D eigenvalue weighted by Gasteiger charge is 2.36. The van der Waals surface area contributed by atoms with Gasteiger partial charge >= 0.3 is 5.97 Å². The number of carbonyl (C=O) groups excluding carboxylic acids is 1. The van der Waals surface area contributed by atoms with Crippen molar-refractivity contribution in [2.45, 2.75) is 19.4 Å². The number of aliphatic hydroxyl groups excluding tert-OH is 1. The lowest BCUT2D eigenvalue weighted by Gasteiger charge is -2.42. The van der Waals surface area contributed by atoms with Gasteiger partial charge in [0.1, 0.15) is 6.54 Å². The van der Waals surface area contributed by atoms with Crippen molar-refractivity contribution in [3.8, 4) is 0 Å². The molecule has 7 heteroatoms. The summed E-state index contributed by atoms with van der Waals surface area (Å²) >= 11 is 0. The molecular weight excluding hydrogens is 250 g/mol. The van der Waals surface area contributed by atoms with Crippen LogP contribution in [0.4, 0.5) is 0 Å². The highest BCUT2D eigenvalue weighted by atomic mass is 16.4. The summed E-state index contributed by atoms with van der Waals surface area (Å²) in [5, 5.41) is 19.9. The third-order valence-corrected chi connectivity index (χ3v) is 3.53. The third-order valence-electron chi connectivity index (χ3n) is 3.53. The van der Waals surface area contributed by atoms with Crippen LogP contribution >= 0.6 is 0 Å². The van der Waals surface area contributed by atoms with Gasteiger partial charge in [-0.25, -0.2) is 0 Å². The Morgan fingerprint density at radius 1 is 1.21 bits per heavy atom. The molecule has 1 aliphatic heterocycles. The molecule has 19 heavy (non-hydrogen) atoms. The van der Waals surface area contributed by atoms with Crippen molar-refractivity contribution in [2.75, 3.05) is 45.9 Å². The molecule has 110 valence electrons. The first-order valence-corrected chi connectivity index (χ1v) is 6.46. The van der Waals surface area contributed by atoms with Crippen molar-refractivity contribution >= 4 is 11.9 Å². The number of piperazine rings is 1. The van der Waals surface area contributed by atoms with Crippen LogP contribution in [0.3, 0.4) is 0 Å². The van der Waals surface area contributed by atoms with E-state index < -0.39 is 11.5 Å². The highest BCUT2D eigenvalue weighted by Crippen LogP contribution is 2.17. The Labute approximate surface area is 113 Å². The molecule has 0 aromatic carbocycles. The quantitative estimate of drug-likeness (QED) is 0.550. The molecule has 0 bridgehead atoms. The first-order chi connectivity index (χ1) is 8.87. The number of carbonyl (C=O) groups is 2. The fourth-order valence-corrected chi connectivity index (χ4v) is 2.19. The molecule has 1 saturated heterocycles. The second kappa shape index (κ2) is 6.83. The average molecular weight is 273 g/mol. The molecule has 0 spiro atoms. The first kappa shape index (κ1) is 15.9. The van der Waals surface area contributed by atoms with Crippen LogP contribution in [0.2, 0.25) is 0 Å². The van der Waals surface area contributed by atoms with Gasteiger partial charge in [-0.05, 0) is 13.8 Å². The number of hydrogen-bond acceptors (Lipinski definition) is 5. The van der Waals surface area contributed by atoms with Crippen molar-refractivity contribution in [3.05, 3.63) is 0 Å². The van der Waals surface area contributed by atoms with Crippen LogP contribution in [-0.4, -0.2) is 83.3 Å². The minimum atomic E-state index is -1.04. The van der Waals surface area contributed by atoms with Crippen LogP contribution in [0, 0.1) is 0 Å². The zero-order valence-corrected chi connectivity index (χ0v) is 11.6. The van der Waals surface area contributed by atoms with Gasteiger partial charge in [0.2, 0.25) is 5.91 Å². The molecule has 1 amide bonds. The van der Waals surface area contributed by atoms with Gasteiger partial charge in [0.15, 0.2) is 0 Å². The number of nitrogens with one attached hydrogen (secondary N) is 1. The molecule has 0 radical (unpaired) electrons. The van der Waals surface area contributed by atoms with E-state index >= 15 is 0 Å². The molecule has 1 rings (SSSR count). The molecule has 1 aliphatic rings. The Balaban J connectivity index is 2.49. The number of aliphatic hydroxyl groups is 1. The van der Waals surface area contributed by atoms with Crippen molar-refractivity contribution in [2.24, 2.45) is 0 Å². The van der Waals surface area contributed by atoms with Crippen molar-refractivity contribution in [1.29, 1.82) is 0 Å². The van der Waals surface area contributed by atoms with Gasteiger partial charge in [-0.15, -0.1) is 0 Å². The number of carboxylic acid groups (broad SMARTS) is 1. The number of nitrogens with zero attached hydrogens (tertiary/aromatic N) is 2. The monoisotopic (exact) mass is 273 g/mol. The predicted octanol–water partition coefficient (Wildman–Crippen LogP) is -1.42. The lowest BCUT2D eigenvalue weighted by Crippen LogP contribution is -2.61. The van der Waals surface area contributed by atoms with E-state index in [4.69, 9.17) is 10.2 Å². The van der Waals surface area contributed by atoms with Crippen LogP contribution in [0.1, 0.15) is 13.8 Å². The number of amides is 1. The summed E-state index contributed by atoms with van der Waals surface area (Å²) in [6, 6.07) is 0. The van der Waals surface area contributed by atoms with Crippen LogP contribution in [0.5, 0.6) is 0 Å². The van der Waals surface area contributed by atoms with Crippen LogP contribution in [0.15, 0.2) is 0 Å². The summed E-state index contributed by atoms with van der Waals surface area (Å²) < 4.78 is 0. The lowest BCUT2D eigenvalue weighted by atomic mass is 10.00. The number of hydrogen-bond donors (Lipinski definition) is 3. The maximum atomic E-state index is 12.0. The molecule has 0 unspecified atom stereocenters. The smallest absolute Gasteiger partial charge is 0.322 e. The van der Waals surface area contributed by atoms with Crippen LogP contribution in [-0.2, 0) is 9.59 Å². The van der Waals surface area contributed by atoms with Gasteiger partial charge in [-0.1, -0.05) is 0 Å². The second-order valence-corrected chi connectivity index (χ2v) is 5.19. The minimum absolute atomic E-state index is 0.141. The molecular formula is C12H23N3O4. The van der Waals surface area contributed by atoms with Gasteiger partial charge in [0.05, 0.1) is 12.1 Å². The van der Waals surface area contributed by atoms with Gasteiger partial charge in [-0.2, -0.15) is 0 Å². The van der Waals surface area contributed by atoms with Gasteiger partial charge < -0.3 is 15.5 Å². The molecule has 7 nitrogen and oxygen atoms in total. The number of β-amino-alcohol motifs (C(OH)–C–C–N with tert-alkyl or cyclic N) is 1. The Morgan fingerprint density at radius 2 is 1.79 bits per heavy atom. The van der Waals surface area contributed by atoms with Gasteiger partial charge in [0, 0.05) is 32.7 Å². The van der Waals surface area contributed by atoms with Crippen LogP contribution < -0.4 is 5.32 Å². The maximum Gasteiger partial charge on any atom is 0.322 e. The van der Waals surface area contributed by atoms with E-state index in [1.54, 1.807) is 13.8 Å². The van der Waals surface area contributed by atoms with E-state index in [9.17, 15) is 9.59 Å². The van der Waals surface area contributed by atoms with Gasteiger partial charge in [-0.3, -0.25) is 19.4 Å². The summed E-state index contributed by atoms with van der Waals surface area (Å²) in [5.41, 5.74) is -0.721. The Kier molecular flexibility index (Phi) is 5.71. The fourth-order valence-electron chi connectivity index (χ4n) is 2.19. The highest BCUT2D eigenvalue weighted by molar-refractivity contribution is 5.88. The molecule has 1 fully saturated rings. The van der Waals surface area contributed by atoms with E-state index in [1.807, 2.05) is 4.90 Å². The Hall–Kier alpha value is -1.18. The number of rotatable bonds is 6. The number of carboxylic acids is 1. The summed E-state index contributed by atoms with van der Waals surface area (Å²) in [5.74, 6) is -1.32. The van der Waals surface area contributed by atoms with E-state index in [0.29, 0.717) is 6.54 Å². The first-order valence-electron chi connectivity index (χ1n) is 6.46. The largest absolute Gasteiger partial charge is 0.480 e. The fraction of sp³-hybridized carbons (Fsp3) is 0.833. The van der Waals surface area contributed by atoms with E-state index in [1.165, 1.54) is 0 Å². The van der Waals surface area contributed by atoms with Crippen molar-refractivity contribution in [3.63, 3.8) is 0 Å². The Morgan fingerprint density at radius 3 is 2.26 bits per heavy atom. The predicted molar refractivity (Wildman–Crippen MR) is 69.8 cm³/mol. The third kappa shape index (κ3) is 4.45. The molecule has 1 heterocycles. The summed E-state index contributed by atoms with van der Waals surface area (Å²) in [6.07, 6.45) is 0. The molecule has 3 N–H and O–H groups in total. The number of aliphatic carboxylic acids is 1. The van der Waals surface area contributed by atoms with E-state index in [2.05, 4.69) is 10.2 Å². The lowest BCUT2D eigenvalue weighted by molar-refractivity contribution is -0.140. The molecule has 0 aromatic rings. The molecule has 0 saturated carbocycles.